The molecule has 1 aromatic heterocycles. The summed E-state index contributed by atoms with van der Waals surface area (Å²) >= 11 is 1.60. The second-order valence-electron chi connectivity index (χ2n) is 5.71. The molecule has 2 heterocycles. The van der Waals surface area contributed by atoms with E-state index in [1.165, 1.54) is 12.1 Å². The topological polar surface area (TPSA) is 51.2 Å². The van der Waals surface area contributed by atoms with E-state index in [4.69, 9.17) is 4.74 Å². The van der Waals surface area contributed by atoms with Crippen LogP contribution in [-0.4, -0.2) is 17.5 Å². The number of benzene rings is 1. The van der Waals surface area contributed by atoms with Crippen LogP contribution in [0.1, 0.15) is 40.0 Å². The fourth-order valence-corrected chi connectivity index (χ4v) is 3.66. The smallest absolute Gasteiger partial charge is 0.226 e. The van der Waals surface area contributed by atoms with Gasteiger partial charge in [0.1, 0.15) is 11.6 Å². The van der Waals surface area contributed by atoms with Gasteiger partial charge in [-0.05, 0) is 32.8 Å². The summed E-state index contributed by atoms with van der Waals surface area (Å²) < 4.78 is 19.0. The van der Waals surface area contributed by atoms with E-state index in [9.17, 15) is 9.18 Å². The van der Waals surface area contributed by atoms with E-state index in [1.807, 2.05) is 13.8 Å². The molecule has 4 nitrogen and oxygen atoms in total. The highest BCUT2D eigenvalue weighted by Gasteiger charge is 2.22. The summed E-state index contributed by atoms with van der Waals surface area (Å²) in [6, 6.07) is 4.33. The van der Waals surface area contributed by atoms with Gasteiger partial charge in [0.15, 0.2) is 0 Å². The number of hydrogen-bond donors (Lipinski definition) is 1. The zero-order valence-corrected chi connectivity index (χ0v) is 14.0. The molecule has 1 aliphatic heterocycles. The van der Waals surface area contributed by atoms with Gasteiger partial charge in [0.2, 0.25) is 5.91 Å². The number of fused-ring (bicyclic) bond motifs is 1. The molecule has 0 bridgehead atoms. The van der Waals surface area contributed by atoms with Gasteiger partial charge < -0.3 is 10.1 Å². The first-order valence-electron chi connectivity index (χ1n) is 7.67. The normalized spacial score (nSPS) is 17.1. The summed E-state index contributed by atoms with van der Waals surface area (Å²) in [7, 11) is 0. The Labute approximate surface area is 138 Å². The molecule has 1 N–H and O–H groups in total. The Morgan fingerprint density at radius 1 is 1.48 bits per heavy atom. The maximum Gasteiger partial charge on any atom is 0.226 e. The van der Waals surface area contributed by atoms with Crippen molar-refractivity contribution in [3.8, 4) is 5.75 Å². The molecule has 1 aromatic carbocycles. The van der Waals surface area contributed by atoms with E-state index in [0.717, 1.165) is 34.0 Å². The minimum Gasteiger partial charge on any atom is -0.493 e. The highest BCUT2D eigenvalue weighted by Crippen LogP contribution is 2.32. The fraction of sp³-hybridized carbons (Fsp3) is 0.412. The third-order valence-corrected chi connectivity index (χ3v) is 4.84. The molecule has 1 amide bonds. The van der Waals surface area contributed by atoms with Crippen LogP contribution < -0.4 is 10.1 Å². The van der Waals surface area contributed by atoms with Crippen molar-refractivity contribution in [1.82, 2.24) is 10.3 Å². The zero-order chi connectivity index (χ0) is 16.4. The Hall–Kier alpha value is -1.95. The van der Waals surface area contributed by atoms with Gasteiger partial charge >= 0.3 is 0 Å². The Bertz CT molecular complexity index is 729. The number of carbonyl (C=O) groups is 1. The van der Waals surface area contributed by atoms with Crippen LogP contribution in [0.2, 0.25) is 0 Å². The molecular weight excluding hydrogens is 315 g/mol. The number of nitrogens with one attached hydrogen (secondary N) is 1. The van der Waals surface area contributed by atoms with E-state index < -0.39 is 0 Å². The molecule has 6 heteroatoms. The third kappa shape index (κ3) is 3.69. The van der Waals surface area contributed by atoms with Crippen LogP contribution in [0.15, 0.2) is 18.2 Å². The molecule has 122 valence electrons. The molecule has 0 saturated carbocycles. The van der Waals surface area contributed by atoms with E-state index in [1.54, 1.807) is 17.4 Å². The van der Waals surface area contributed by atoms with Gasteiger partial charge in [0, 0.05) is 16.5 Å². The Morgan fingerprint density at radius 3 is 3.04 bits per heavy atom. The van der Waals surface area contributed by atoms with Crippen molar-refractivity contribution >= 4 is 17.2 Å². The molecule has 1 atom stereocenters. The van der Waals surface area contributed by atoms with Crippen LogP contribution in [0.25, 0.3) is 0 Å². The van der Waals surface area contributed by atoms with Crippen LogP contribution in [0.4, 0.5) is 4.39 Å². The maximum atomic E-state index is 13.4. The lowest BCUT2D eigenvalue weighted by molar-refractivity contribution is -0.121. The summed E-state index contributed by atoms with van der Waals surface area (Å²) in [4.78, 5) is 17.8. The van der Waals surface area contributed by atoms with E-state index in [-0.39, 0.29) is 24.2 Å². The molecule has 0 saturated heterocycles. The summed E-state index contributed by atoms with van der Waals surface area (Å²) in [5, 5.41) is 4.01. The van der Waals surface area contributed by atoms with E-state index in [2.05, 4.69) is 10.3 Å². The average Bonchev–Trinajstić information content (AvgIpc) is 2.69. The minimum atomic E-state index is -0.329. The quantitative estimate of drug-likeness (QED) is 0.935. The maximum absolute atomic E-state index is 13.4. The Balaban J connectivity index is 1.74. The minimum absolute atomic E-state index is 0.0689. The van der Waals surface area contributed by atoms with Gasteiger partial charge in [-0.2, -0.15) is 0 Å². The van der Waals surface area contributed by atoms with Gasteiger partial charge in [-0.25, -0.2) is 9.37 Å². The highest BCUT2D eigenvalue weighted by atomic mass is 32.1. The zero-order valence-electron chi connectivity index (χ0n) is 13.2. The third-order valence-electron chi connectivity index (χ3n) is 3.91. The predicted molar refractivity (Wildman–Crippen MR) is 87.3 cm³/mol. The lowest BCUT2D eigenvalue weighted by atomic mass is 10.0. The highest BCUT2D eigenvalue weighted by molar-refractivity contribution is 7.11. The number of halogens is 1. The van der Waals surface area contributed by atoms with Gasteiger partial charge in [0.25, 0.3) is 0 Å². The largest absolute Gasteiger partial charge is 0.493 e. The lowest BCUT2D eigenvalue weighted by Gasteiger charge is -2.18. The monoisotopic (exact) mass is 334 g/mol. The SMILES string of the molecule is Cc1nc(CC(=O)NC2CCCOc3cc(F)ccc32)c(C)s1. The van der Waals surface area contributed by atoms with Crippen molar-refractivity contribution in [3.05, 3.63) is 45.2 Å². The van der Waals surface area contributed by atoms with Crippen molar-refractivity contribution in [1.29, 1.82) is 0 Å². The number of ether oxygens (including phenoxy) is 1. The molecule has 2 aromatic rings. The van der Waals surface area contributed by atoms with Crippen LogP contribution in [0, 0.1) is 19.7 Å². The number of hydrogen-bond acceptors (Lipinski definition) is 4. The van der Waals surface area contributed by atoms with Crippen LogP contribution in [0.3, 0.4) is 0 Å². The number of nitrogens with zero attached hydrogens (tertiary/aromatic N) is 1. The summed E-state index contributed by atoms with van der Waals surface area (Å²) in [6.45, 7) is 4.45. The van der Waals surface area contributed by atoms with E-state index in [0.29, 0.717) is 12.4 Å². The number of amides is 1. The predicted octanol–water partition coefficient (Wildman–Crippen LogP) is 3.47. The summed E-state index contributed by atoms with van der Waals surface area (Å²) in [5.41, 5.74) is 1.66. The Kier molecular flexibility index (Phi) is 4.61. The molecular formula is C17H19FN2O2S. The molecule has 0 radical (unpaired) electrons. The molecule has 1 unspecified atom stereocenters. The van der Waals surface area contributed by atoms with Gasteiger partial charge in [0.05, 0.1) is 29.8 Å². The standard InChI is InChI=1S/C17H19FN2O2S/c1-10-15(19-11(2)23-10)9-17(21)20-14-4-3-7-22-16-8-12(18)5-6-13(14)16/h5-6,8,14H,3-4,7,9H2,1-2H3,(H,20,21). The van der Waals surface area contributed by atoms with Crippen molar-refractivity contribution in [2.24, 2.45) is 0 Å². The molecule has 3 rings (SSSR count). The van der Waals surface area contributed by atoms with Crippen molar-refractivity contribution in [2.45, 2.75) is 39.2 Å². The van der Waals surface area contributed by atoms with Gasteiger partial charge in [-0.3, -0.25) is 4.79 Å². The average molecular weight is 334 g/mol. The van der Waals surface area contributed by atoms with Crippen molar-refractivity contribution < 1.29 is 13.9 Å². The molecule has 23 heavy (non-hydrogen) atoms. The van der Waals surface area contributed by atoms with Gasteiger partial charge in [-0.15, -0.1) is 11.3 Å². The fourth-order valence-electron chi connectivity index (χ4n) is 2.83. The first-order valence-corrected chi connectivity index (χ1v) is 8.49. The molecule has 0 spiro atoms. The molecule has 0 fully saturated rings. The Morgan fingerprint density at radius 2 is 2.30 bits per heavy atom. The van der Waals surface area contributed by atoms with Gasteiger partial charge in [-0.1, -0.05) is 6.07 Å². The van der Waals surface area contributed by atoms with Crippen LogP contribution in [0.5, 0.6) is 5.75 Å². The number of aryl methyl sites for hydroxylation is 2. The number of carbonyl (C=O) groups excluding carboxylic acids is 1. The van der Waals surface area contributed by atoms with Crippen molar-refractivity contribution in [2.75, 3.05) is 6.61 Å². The number of aromatic nitrogens is 1. The second kappa shape index (κ2) is 6.66. The van der Waals surface area contributed by atoms with E-state index >= 15 is 0 Å². The second-order valence-corrected chi connectivity index (χ2v) is 7.11. The first kappa shape index (κ1) is 15.9. The number of thiazole rings is 1. The van der Waals surface area contributed by atoms with Crippen LogP contribution >= 0.6 is 11.3 Å². The number of rotatable bonds is 3. The van der Waals surface area contributed by atoms with Crippen LogP contribution in [-0.2, 0) is 11.2 Å². The molecule has 1 aliphatic rings. The summed E-state index contributed by atoms with van der Waals surface area (Å²) in [5.74, 6) is 0.123. The van der Waals surface area contributed by atoms with Crippen molar-refractivity contribution in [3.63, 3.8) is 0 Å². The lowest BCUT2D eigenvalue weighted by Crippen LogP contribution is -2.30. The first-order chi connectivity index (χ1) is 11.0. The summed E-state index contributed by atoms with van der Waals surface area (Å²) in [6.07, 6.45) is 1.86. The molecule has 0 aliphatic carbocycles.